The molecule has 0 amide bonds. The Balaban J connectivity index is 1.49. The van der Waals surface area contributed by atoms with Gasteiger partial charge in [-0.2, -0.15) is 5.10 Å². The van der Waals surface area contributed by atoms with E-state index < -0.39 is 4.92 Å². The van der Waals surface area contributed by atoms with Crippen LogP contribution < -0.4 is 10.5 Å². The number of ether oxygens (including phenoxy) is 1. The molecule has 2 aromatic heterocycles. The Labute approximate surface area is 188 Å². The summed E-state index contributed by atoms with van der Waals surface area (Å²) in [7, 11) is 0. The van der Waals surface area contributed by atoms with Crippen molar-refractivity contribution in [1.82, 2.24) is 19.7 Å². The number of nitrogen functional groups attached to an aromatic ring is 1. The van der Waals surface area contributed by atoms with Crippen molar-refractivity contribution in [2.45, 2.75) is 6.54 Å². The second-order valence-electron chi connectivity index (χ2n) is 7.33. The topological polar surface area (TPSA) is 122 Å². The molecule has 0 saturated heterocycles. The lowest BCUT2D eigenvalue weighted by Gasteiger charge is -2.06. The molecule has 9 nitrogen and oxygen atoms in total. The minimum atomic E-state index is -0.426. The zero-order chi connectivity index (χ0) is 22.8. The maximum atomic E-state index is 10.9. The van der Waals surface area contributed by atoms with Crippen LogP contribution in [0.2, 0.25) is 0 Å². The Morgan fingerprint density at radius 2 is 1.61 bits per heavy atom. The van der Waals surface area contributed by atoms with Crippen LogP contribution in [0.4, 0.5) is 11.5 Å². The molecular formula is C24H18N6O3. The molecule has 5 aromatic rings. The molecule has 0 aliphatic rings. The van der Waals surface area contributed by atoms with Crippen LogP contribution in [0, 0.1) is 10.1 Å². The Kier molecular flexibility index (Phi) is 5.12. The highest BCUT2D eigenvalue weighted by Crippen LogP contribution is 2.32. The Morgan fingerprint density at radius 3 is 2.30 bits per heavy atom. The minimum absolute atomic E-state index is 0.0362. The first-order chi connectivity index (χ1) is 16.1. The van der Waals surface area contributed by atoms with Gasteiger partial charge >= 0.3 is 0 Å². The van der Waals surface area contributed by atoms with Crippen LogP contribution in [0.5, 0.6) is 11.5 Å². The van der Waals surface area contributed by atoms with E-state index in [1.54, 1.807) is 16.8 Å². The Morgan fingerprint density at radius 1 is 0.909 bits per heavy atom. The normalized spacial score (nSPS) is 10.9. The number of non-ortho nitro benzene ring substituents is 1. The largest absolute Gasteiger partial charge is 0.457 e. The van der Waals surface area contributed by atoms with E-state index in [1.807, 2.05) is 54.6 Å². The number of fused-ring (bicyclic) bond motifs is 1. The van der Waals surface area contributed by atoms with E-state index in [0.717, 1.165) is 16.9 Å². The number of nitrogens with zero attached hydrogens (tertiary/aromatic N) is 5. The van der Waals surface area contributed by atoms with Gasteiger partial charge in [-0.1, -0.05) is 30.3 Å². The van der Waals surface area contributed by atoms with Crippen LogP contribution in [0.3, 0.4) is 0 Å². The monoisotopic (exact) mass is 438 g/mol. The molecule has 9 heteroatoms. The van der Waals surface area contributed by atoms with Crippen LogP contribution in [-0.2, 0) is 6.54 Å². The number of benzene rings is 3. The van der Waals surface area contributed by atoms with Crippen molar-refractivity contribution in [3.63, 3.8) is 0 Å². The molecule has 0 bridgehead atoms. The predicted octanol–water partition coefficient (Wildman–Crippen LogP) is 4.82. The van der Waals surface area contributed by atoms with Crippen molar-refractivity contribution >= 4 is 22.5 Å². The molecule has 0 atom stereocenters. The Bertz CT molecular complexity index is 1430. The summed E-state index contributed by atoms with van der Waals surface area (Å²) in [5.74, 6) is 1.78. The molecule has 0 radical (unpaired) electrons. The molecule has 5 rings (SSSR count). The average Bonchev–Trinajstić information content (AvgIpc) is 3.20. The van der Waals surface area contributed by atoms with Crippen LogP contribution in [0.1, 0.15) is 5.56 Å². The van der Waals surface area contributed by atoms with Gasteiger partial charge in [-0.3, -0.25) is 10.1 Å². The number of hydrogen-bond donors (Lipinski definition) is 1. The maximum Gasteiger partial charge on any atom is 0.269 e. The molecule has 0 spiro atoms. The van der Waals surface area contributed by atoms with Gasteiger partial charge in [0, 0.05) is 17.7 Å². The van der Waals surface area contributed by atoms with E-state index in [4.69, 9.17) is 15.6 Å². The van der Waals surface area contributed by atoms with E-state index >= 15 is 0 Å². The summed E-state index contributed by atoms with van der Waals surface area (Å²) in [5, 5.41) is 16.3. The van der Waals surface area contributed by atoms with Gasteiger partial charge in [-0.15, -0.1) is 0 Å². The van der Waals surface area contributed by atoms with Crippen LogP contribution >= 0.6 is 0 Å². The van der Waals surface area contributed by atoms with Gasteiger partial charge in [0.25, 0.3) is 5.69 Å². The summed E-state index contributed by atoms with van der Waals surface area (Å²) in [6.45, 7) is 0.375. The molecule has 162 valence electrons. The fraction of sp³-hybridized carbons (Fsp3) is 0.0417. The highest BCUT2D eigenvalue weighted by Gasteiger charge is 2.17. The average molecular weight is 438 g/mol. The number of anilines is 1. The summed E-state index contributed by atoms with van der Waals surface area (Å²) in [6, 6.07) is 23.4. The number of nitro groups is 1. The zero-order valence-electron chi connectivity index (χ0n) is 17.3. The van der Waals surface area contributed by atoms with Crippen LogP contribution in [0.25, 0.3) is 22.3 Å². The van der Waals surface area contributed by atoms with Gasteiger partial charge < -0.3 is 10.5 Å². The first-order valence-corrected chi connectivity index (χ1v) is 10.1. The van der Waals surface area contributed by atoms with Crippen molar-refractivity contribution < 1.29 is 9.66 Å². The van der Waals surface area contributed by atoms with Gasteiger partial charge in [-0.25, -0.2) is 14.6 Å². The number of aromatic nitrogens is 4. The summed E-state index contributed by atoms with van der Waals surface area (Å²) in [5.41, 5.74) is 9.14. The van der Waals surface area contributed by atoms with Crippen molar-refractivity contribution in [3.05, 3.63) is 101 Å². The SMILES string of the molecule is Nc1ncnc2c1c(-c1ccc(Oc3ccccc3)cc1)nn2Cc1ccc([N+](=O)[O-])cc1. The first kappa shape index (κ1) is 20.1. The first-order valence-electron chi connectivity index (χ1n) is 10.1. The second kappa shape index (κ2) is 8.39. The zero-order valence-corrected chi connectivity index (χ0v) is 17.3. The number of hydrogen-bond acceptors (Lipinski definition) is 7. The molecule has 0 unspecified atom stereocenters. The van der Waals surface area contributed by atoms with Crippen molar-refractivity contribution in [1.29, 1.82) is 0 Å². The lowest BCUT2D eigenvalue weighted by Crippen LogP contribution is -2.03. The van der Waals surface area contributed by atoms with Gasteiger partial charge in [0.2, 0.25) is 0 Å². The molecule has 3 aromatic carbocycles. The summed E-state index contributed by atoms with van der Waals surface area (Å²) in [6.07, 6.45) is 1.40. The fourth-order valence-electron chi connectivity index (χ4n) is 3.54. The number of rotatable bonds is 6. The summed E-state index contributed by atoms with van der Waals surface area (Å²) < 4.78 is 7.59. The molecule has 0 fully saturated rings. The van der Waals surface area contributed by atoms with Gasteiger partial charge in [0.15, 0.2) is 5.65 Å². The molecule has 0 aliphatic heterocycles. The number of nitrogens with two attached hydrogens (primary N) is 1. The van der Waals surface area contributed by atoms with Crippen LogP contribution in [0.15, 0.2) is 85.2 Å². The second-order valence-corrected chi connectivity index (χ2v) is 7.33. The molecule has 33 heavy (non-hydrogen) atoms. The van der Waals surface area contributed by atoms with E-state index in [9.17, 15) is 10.1 Å². The third kappa shape index (κ3) is 4.07. The van der Waals surface area contributed by atoms with Crippen molar-refractivity contribution in [2.24, 2.45) is 0 Å². The Hall–Kier alpha value is -4.79. The molecule has 0 saturated carbocycles. The molecule has 2 heterocycles. The molecule has 0 aliphatic carbocycles. The minimum Gasteiger partial charge on any atom is -0.457 e. The molecule has 2 N–H and O–H groups in total. The standard InChI is InChI=1S/C24H18N6O3/c25-23-21-22(17-8-12-20(13-9-17)33-19-4-2-1-3-5-19)28-29(24(21)27-15-26-23)14-16-6-10-18(11-7-16)30(31)32/h1-13,15H,14H2,(H2,25,26,27). The van der Waals surface area contributed by atoms with Crippen LogP contribution in [-0.4, -0.2) is 24.7 Å². The maximum absolute atomic E-state index is 10.9. The third-order valence-corrected chi connectivity index (χ3v) is 5.14. The van der Waals surface area contributed by atoms with Gasteiger partial charge in [0.05, 0.1) is 16.9 Å². The predicted molar refractivity (Wildman–Crippen MR) is 124 cm³/mol. The van der Waals surface area contributed by atoms with Gasteiger partial charge in [-0.05, 0) is 42.0 Å². The van der Waals surface area contributed by atoms with Gasteiger partial charge in [0.1, 0.15) is 29.3 Å². The highest BCUT2D eigenvalue weighted by molar-refractivity contribution is 5.98. The van der Waals surface area contributed by atoms with E-state index in [0.29, 0.717) is 34.8 Å². The number of para-hydroxylation sites is 1. The van der Waals surface area contributed by atoms with E-state index in [-0.39, 0.29) is 5.69 Å². The number of nitro benzene ring substituents is 1. The smallest absolute Gasteiger partial charge is 0.269 e. The highest BCUT2D eigenvalue weighted by atomic mass is 16.6. The lowest BCUT2D eigenvalue weighted by atomic mass is 10.1. The quantitative estimate of drug-likeness (QED) is 0.298. The fourth-order valence-corrected chi connectivity index (χ4v) is 3.54. The third-order valence-electron chi connectivity index (χ3n) is 5.14. The van der Waals surface area contributed by atoms with Crippen molar-refractivity contribution in [2.75, 3.05) is 5.73 Å². The summed E-state index contributed by atoms with van der Waals surface area (Å²) in [4.78, 5) is 19.0. The molecular weight excluding hydrogens is 420 g/mol. The summed E-state index contributed by atoms with van der Waals surface area (Å²) >= 11 is 0. The van der Waals surface area contributed by atoms with E-state index in [2.05, 4.69) is 9.97 Å². The van der Waals surface area contributed by atoms with E-state index in [1.165, 1.54) is 18.5 Å². The van der Waals surface area contributed by atoms with Crippen molar-refractivity contribution in [3.8, 4) is 22.8 Å². The lowest BCUT2D eigenvalue weighted by molar-refractivity contribution is -0.384.